The first kappa shape index (κ1) is 28.1. The fraction of sp³-hybridized carbons (Fsp3) is 0.200. The highest BCUT2D eigenvalue weighted by molar-refractivity contribution is 5.93. The lowest BCUT2D eigenvalue weighted by Crippen LogP contribution is -2.18. The van der Waals surface area contributed by atoms with Crippen LogP contribution in [0.2, 0.25) is 0 Å². The highest BCUT2D eigenvalue weighted by Gasteiger charge is 2.29. The number of benzene rings is 4. The van der Waals surface area contributed by atoms with Gasteiger partial charge in [0.2, 0.25) is 0 Å². The van der Waals surface area contributed by atoms with Gasteiger partial charge in [0.1, 0.15) is 12.4 Å². The minimum absolute atomic E-state index is 0.0232. The molecule has 1 saturated heterocycles. The summed E-state index contributed by atoms with van der Waals surface area (Å²) in [7, 11) is 0. The highest BCUT2D eigenvalue weighted by Crippen LogP contribution is 2.43. The number of carboxylic acids is 1. The Morgan fingerprint density at radius 1 is 0.977 bits per heavy atom. The van der Waals surface area contributed by atoms with E-state index in [4.69, 9.17) is 9.47 Å². The summed E-state index contributed by atoms with van der Waals surface area (Å²) < 4.78 is 42.8. The van der Waals surface area contributed by atoms with Gasteiger partial charge in [-0.3, -0.25) is 0 Å². The van der Waals surface area contributed by atoms with E-state index in [-0.39, 0.29) is 17.0 Å². The average Bonchev–Trinajstić information content (AvgIpc) is 3.36. The maximum Gasteiger partial charge on any atom is 0.335 e. The first-order valence-corrected chi connectivity index (χ1v) is 14.1. The maximum absolute atomic E-state index is 14.7. The van der Waals surface area contributed by atoms with Gasteiger partial charge in [-0.15, -0.1) is 0 Å². The topological polar surface area (TPSA) is 84.5 Å². The molecule has 0 bridgehead atoms. The molecule has 8 heteroatoms. The minimum Gasteiger partial charge on any atom is -0.488 e. The number of nitriles is 1. The molecule has 2 heterocycles. The quantitative estimate of drug-likeness (QED) is 0.206. The summed E-state index contributed by atoms with van der Waals surface area (Å²) in [6, 6.07) is 26.0. The molecule has 0 aliphatic carbocycles. The zero-order chi connectivity index (χ0) is 29.9. The molecule has 1 fully saturated rings. The number of fused-ring (bicyclic) bond motifs is 1. The Bertz CT molecular complexity index is 1850. The van der Waals surface area contributed by atoms with Gasteiger partial charge in [-0.2, -0.15) is 5.26 Å². The number of nitrogens with zero attached hydrogens (tertiary/aromatic N) is 2. The van der Waals surface area contributed by atoms with Crippen LogP contribution in [0, 0.1) is 23.0 Å². The fourth-order valence-electron chi connectivity index (χ4n) is 5.90. The molecule has 6 rings (SSSR count). The van der Waals surface area contributed by atoms with E-state index in [9.17, 15) is 23.9 Å². The number of halogens is 2. The van der Waals surface area contributed by atoms with Crippen LogP contribution >= 0.6 is 0 Å². The largest absolute Gasteiger partial charge is 0.488 e. The highest BCUT2D eigenvalue weighted by atomic mass is 19.2. The predicted molar refractivity (Wildman–Crippen MR) is 158 cm³/mol. The molecule has 1 aliphatic rings. The predicted octanol–water partition coefficient (Wildman–Crippen LogP) is 7.54. The van der Waals surface area contributed by atoms with Crippen LogP contribution < -0.4 is 4.74 Å². The van der Waals surface area contributed by atoms with Gasteiger partial charge in [0.05, 0.1) is 22.7 Å². The molecule has 1 aliphatic heterocycles. The number of aromatic nitrogens is 1. The Balaban J connectivity index is 1.61. The van der Waals surface area contributed by atoms with Crippen molar-refractivity contribution in [3.63, 3.8) is 0 Å². The normalized spacial score (nSPS) is 13.6. The van der Waals surface area contributed by atoms with Crippen LogP contribution in [0.3, 0.4) is 0 Å². The van der Waals surface area contributed by atoms with Gasteiger partial charge >= 0.3 is 5.97 Å². The third-order valence-corrected chi connectivity index (χ3v) is 7.95. The first-order chi connectivity index (χ1) is 20.9. The Kier molecular flexibility index (Phi) is 7.91. The van der Waals surface area contributed by atoms with Gasteiger partial charge in [-0.25, -0.2) is 13.6 Å². The van der Waals surface area contributed by atoms with Crippen LogP contribution in [0.15, 0.2) is 84.9 Å². The number of rotatable bonds is 8. The summed E-state index contributed by atoms with van der Waals surface area (Å²) in [5.41, 5.74) is 4.95. The van der Waals surface area contributed by atoms with Gasteiger partial charge in [0, 0.05) is 48.4 Å². The Labute approximate surface area is 247 Å². The SMILES string of the molecule is N#Cc1cc(C(=O)O)ccc1Cc1c(C2CCOCC2)n(-c2ccc(F)c(F)c2)c2cccc(OCc3ccccc3)c12. The van der Waals surface area contributed by atoms with Crippen molar-refractivity contribution in [2.45, 2.75) is 31.8 Å². The van der Waals surface area contributed by atoms with Gasteiger partial charge in [0.25, 0.3) is 0 Å². The van der Waals surface area contributed by atoms with E-state index in [0.717, 1.165) is 46.6 Å². The summed E-state index contributed by atoms with van der Waals surface area (Å²) >= 11 is 0. The van der Waals surface area contributed by atoms with Crippen molar-refractivity contribution in [2.24, 2.45) is 0 Å². The average molecular weight is 579 g/mol. The monoisotopic (exact) mass is 578 g/mol. The summed E-state index contributed by atoms with van der Waals surface area (Å²) in [5, 5.41) is 20.3. The van der Waals surface area contributed by atoms with Crippen molar-refractivity contribution in [1.29, 1.82) is 5.26 Å². The summed E-state index contributed by atoms with van der Waals surface area (Å²) in [5.74, 6) is -2.36. The van der Waals surface area contributed by atoms with E-state index < -0.39 is 17.6 Å². The Morgan fingerprint density at radius 2 is 1.77 bits per heavy atom. The number of carbonyl (C=O) groups is 1. The van der Waals surface area contributed by atoms with Gasteiger partial charge < -0.3 is 19.1 Å². The molecular formula is C35H28F2N2O4. The smallest absolute Gasteiger partial charge is 0.335 e. The molecule has 0 amide bonds. The zero-order valence-corrected chi connectivity index (χ0v) is 23.2. The van der Waals surface area contributed by atoms with Crippen LogP contribution in [0.4, 0.5) is 8.78 Å². The Morgan fingerprint density at radius 3 is 2.49 bits per heavy atom. The lowest BCUT2D eigenvalue weighted by atomic mass is 9.89. The molecule has 0 saturated carbocycles. The van der Waals surface area contributed by atoms with Gasteiger partial charge in [-0.1, -0.05) is 42.5 Å². The fourth-order valence-corrected chi connectivity index (χ4v) is 5.90. The molecule has 0 radical (unpaired) electrons. The van der Waals surface area contributed by atoms with Crippen molar-refractivity contribution in [3.8, 4) is 17.5 Å². The van der Waals surface area contributed by atoms with E-state index in [2.05, 4.69) is 6.07 Å². The minimum atomic E-state index is -1.11. The molecule has 0 spiro atoms. The van der Waals surface area contributed by atoms with Crippen molar-refractivity contribution in [1.82, 2.24) is 4.57 Å². The molecule has 0 atom stereocenters. The van der Waals surface area contributed by atoms with E-state index in [1.165, 1.54) is 18.2 Å². The number of aromatic carboxylic acids is 1. The molecule has 5 aromatic rings. The van der Waals surface area contributed by atoms with Crippen LogP contribution in [-0.4, -0.2) is 28.9 Å². The second kappa shape index (κ2) is 12.1. The number of ether oxygens (including phenoxy) is 2. The molecule has 1 N–H and O–H groups in total. The van der Waals surface area contributed by atoms with Crippen molar-refractivity contribution < 1.29 is 28.2 Å². The third kappa shape index (κ3) is 5.60. The van der Waals surface area contributed by atoms with Gasteiger partial charge in [-0.05, 0) is 65.9 Å². The molecular weight excluding hydrogens is 550 g/mol. The van der Waals surface area contributed by atoms with Crippen LogP contribution in [0.25, 0.3) is 16.6 Å². The summed E-state index contributed by atoms with van der Waals surface area (Å²) in [6.07, 6.45) is 1.74. The molecule has 4 aromatic carbocycles. The van der Waals surface area contributed by atoms with E-state index in [0.29, 0.717) is 43.2 Å². The third-order valence-electron chi connectivity index (χ3n) is 7.95. The number of carboxylic acid groups (broad SMARTS) is 1. The standard InChI is InChI=1S/C35H28F2N2O4/c36-29-12-11-27(19-30(29)37)39-31-7-4-8-32(43-21-22-5-2-1-3-6-22)33(31)28(34(39)23-13-15-42-16-14-23)18-24-9-10-25(35(40)41)17-26(24)20-38/h1-12,17,19,23H,13-16,18,21H2,(H,40,41). The molecule has 216 valence electrons. The van der Waals surface area contributed by atoms with Crippen molar-refractivity contribution >= 4 is 16.9 Å². The summed E-state index contributed by atoms with van der Waals surface area (Å²) in [6.45, 7) is 1.42. The maximum atomic E-state index is 14.7. The second-order valence-electron chi connectivity index (χ2n) is 10.6. The van der Waals surface area contributed by atoms with Crippen molar-refractivity contribution in [2.75, 3.05) is 13.2 Å². The summed E-state index contributed by atoms with van der Waals surface area (Å²) in [4.78, 5) is 11.6. The van der Waals surface area contributed by atoms with Crippen molar-refractivity contribution in [3.05, 3.63) is 130 Å². The lowest BCUT2D eigenvalue weighted by Gasteiger charge is -2.26. The molecule has 1 aromatic heterocycles. The van der Waals surface area contributed by atoms with Crippen LogP contribution in [0.1, 0.15) is 57.1 Å². The molecule has 0 unspecified atom stereocenters. The zero-order valence-electron chi connectivity index (χ0n) is 23.2. The molecule has 43 heavy (non-hydrogen) atoms. The Hall–Kier alpha value is -5.00. The van der Waals surface area contributed by atoms with Crippen LogP contribution in [-0.2, 0) is 17.8 Å². The van der Waals surface area contributed by atoms with Crippen LogP contribution in [0.5, 0.6) is 5.75 Å². The lowest BCUT2D eigenvalue weighted by molar-refractivity contribution is 0.0696. The second-order valence-corrected chi connectivity index (χ2v) is 10.6. The molecule has 6 nitrogen and oxygen atoms in total. The van der Waals surface area contributed by atoms with E-state index in [1.807, 2.05) is 53.1 Å². The first-order valence-electron chi connectivity index (χ1n) is 14.1. The number of hydrogen-bond donors (Lipinski definition) is 1. The van der Waals surface area contributed by atoms with E-state index in [1.54, 1.807) is 12.1 Å². The number of hydrogen-bond acceptors (Lipinski definition) is 4. The van der Waals surface area contributed by atoms with E-state index >= 15 is 0 Å². The van der Waals surface area contributed by atoms with Gasteiger partial charge in [0.15, 0.2) is 11.6 Å².